The third kappa shape index (κ3) is 1.42. The first-order valence-corrected chi connectivity index (χ1v) is 8.74. The van der Waals surface area contributed by atoms with Crippen molar-refractivity contribution >= 4 is 59.4 Å². The summed E-state index contributed by atoms with van der Waals surface area (Å²) >= 11 is 1.93. The smallest absolute Gasteiger partial charge is 0.0684 e. The molecular weight excluding hydrogens is 298 g/mol. The van der Waals surface area contributed by atoms with Crippen LogP contribution < -0.4 is 0 Å². The third-order valence-electron chi connectivity index (χ3n) is 4.97. The van der Waals surface area contributed by atoms with Crippen LogP contribution in [0.25, 0.3) is 48.1 Å². The molecule has 3 aromatic carbocycles. The molecule has 3 heterocycles. The minimum absolute atomic E-state index is 0.968. The maximum Gasteiger partial charge on any atom is 0.0684 e. The fraction of sp³-hybridized carbons (Fsp3) is 0.0476. The number of para-hydroxylation sites is 1. The van der Waals surface area contributed by atoms with Crippen LogP contribution in [-0.2, 0) is 6.54 Å². The zero-order valence-electron chi connectivity index (χ0n) is 12.4. The highest BCUT2D eigenvalue weighted by Gasteiger charge is 2.19. The maximum atomic E-state index is 2.49. The molecule has 6 rings (SSSR count). The van der Waals surface area contributed by atoms with Crippen LogP contribution in [0.3, 0.4) is 0 Å². The Morgan fingerprint density at radius 1 is 0.826 bits per heavy atom. The van der Waals surface area contributed by atoms with E-state index in [1.165, 1.54) is 47.5 Å². The van der Waals surface area contributed by atoms with Crippen molar-refractivity contribution in [1.82, 2.24) is 4.57 Å². The Hall–Kier alpha value is -2.58. The summed E-state index contributed by atoms with van der Waals surface area (Å²) in [5.74, 6) is 0. The molecule has 0 amide bonds. The molecule has 1 aliphatic heterocycles. The summed E-state index contributed by atoms with van der Waals surface area (Å²) in [6, 6.07) is 20.0. The molecule has 1 aliphatic rings. The van der Waals surface area contributed by atoms with Gasteiger partial charge >= 0.3 is 0 Å². The Morgan fingerprint density at radius 3 is 2.61 bits per heavy atom. The highest BCUT2D eigenvalue weighted by molar-refractivity contribution is 7.26. The quantitative estimate of drug-likeness (QED) is 0.321. The SMILES string of the molecule is C1=Cc2cccc3c4sc5cc6ccccc6cc5c4n(c23)C1. The minimum atomic E-state index is 0.968. The molecule has 2 aromatic heterocycles. The van der Waals surface area contributed by atoms with E-state index in [-0.39, 0.29) is 0 Å². The van der Waals surface area contributed by atoms with E-state index >= 15 is 0 Å². The van der Waals surface area contributed by atoms with Crippen molar-refractivity contribution in [3.63, 3.8) is 0 Å². The predicted molar refractivity (Wildman–Crippen MR) is 101 cm³/mol. The number of thiophene rings is 1. The van der Waals surface area contributed by atoms with Crippen LogP contribution in [0.4, 0.5) is 0 Å². The summed E-state index contributed by atoms with van der Waals surface area (Å²) in [6.07, 6.45) is 4.52. The summed E-state index contributed by atoms with van der Waals surface area (Å²) in [4.78, 5) is 0. The molecule has 0 saturated heterocycles. The first-order valence-electron chi connectivity index (χ1n) is 7.93. The first-order chi connectivity index (χ1) is 11.4. The molecule has 0 unspecified atom stereocenters. The number of benzene rings is 3. The largest absolute Gasteiger partial charge is 0.335 e. The molecule has 0 radical (unpaired) electrons. The van der Waals surface area contributed by atoms with E-state index in [2.05, 4.69) is 71.3 Å². The van der Waals surface area contributed by atoms with Gasteiger partial charge in [0.15, 0.2) is 0 Å². The van der Waals surface area contributed by atoms with Gasteiger partial charge in [0.05, 0.1) is 15.7 Å². The summed E-state index contributed by atoms with van der Waals surface area (Å²) in [7, 11) is 0. The van der Waals surface area contributed by atoms with Crippen LogP contribution in [0.2, 0.25) is 0 Å². The third-order valence-corrected chi connectivity index (χ3v) is 6.14. The fourth-order valence-electron chi connectivity index (χ4n) is 3.98. The van der Waals surface area contributed by atoms with Gasteiger partial charge < -0.3 is 4.57 Å². The lowest BCUT2D eigenvalue weighted by Crippen LogP contribution is -1.99. The number of hydrogen-bond acceptors (Lipinski definition) is 1. The predicted octanol–water partition coefficient (Wildman–Crippen LogP) is 6.19. The van der Waals surface area contributed by atoms with Crippen LogP contribution in [-0.4, -0.2) is 4.57 Å². The Kier molecular flexibility index (Phi) is 2.09. The van der Waals surface area contributed by atoms with Crippen molar-refractivity contribution in [2.45, 2.75) is 6.54 Å². The van der Waals surface area contributed by atoms with Gasteiger partial charge in [0.1, 0.15) is 0 Å². The van der Waals surface area contributed by atoms with Crippen LogP contribution in [0.1, 0.15) is 5.56 Å². The Balaban J connectivity index is 1.91. The van der Waals surface area contributed by atoms with Crippen LogP contribution in [0.5, 0.6) is 0 Å². The summed E-state index contributed by atoms with van der Waals surface area (Å²) < 4.78 is 5.31. The van der Waals surface area contributed by atoms with Crippen molar-refractivity contribution in [1.29, 1.82) is 0 Å². The zero-order valence-corrected chi connectivity index (χ0v) is 13.2. The molecule has 0 aliphatic carbocycles. The van der Waals surface area contributed by atoms with Crippen LogP contribution in [0.15, 0.2) is 60.7 Å². The number of allylic oxidation sites excluding steroid dienone is 1. The molecular formula is C21H13NS. The van der Waals surface area contributed by atoms with Gasteiger partial charge in [-0.1, -0.05) is 54.6 Å². The second kappa shape index (κ2) is 4.03. The lowest BCUT2D eigenvalue weighted by atomic mass is 10.1. The van der Waals surface area contributed by atoms with Crippen LogP contribution in [0, 0.1) is 0 Å². The molecule has 0 atom stereocenters. The average Bonchev–Trinajstić information content (AvgIpc) is 3.10. The molecule has 0 saturated carbocycles. The summed E-state index contributed by atoms with van der Waals surface area (Å²) in [5.41, 5.74) is 4.14. The van der Waals surface area contributed by atoms with E-state index in [1.807, 2.05) is 11.3 Å². The van der Waals surface area contributed by atoms with E-state index in [0.717, 1.165) is 6.54 Å². The second-order valence-corrected chi connectivity index (χ2v) is 7.28. The Morgan fingerprint density at radius 2 is 1.70 bits per heavy atom. The lowest BCUT2D eigenvalue weighted by molar-refractivity contribution is 0.897. The highest BCUT2D eigenvalue weighted by Crippen LogP contribution is 2.43. The Bertz CT molecular complexity index is 1280. The van der Waals surface area contributed by atoms with E-state index in [1.54, 1.807) is 0 Å². The molecule has 0 N–H and O–H groups in total. The van der Waals surface area contributed by atoms with E-state index < -0.39 is 0 Å². The Labute approximate surface area is 137 Å². The number of hydrogen-bond donors (Lipinski definition) is 0. The van der Waals surface area contributed by atoms with Gasteiger partial charge in [-0.25, -0.2) is 0 Å². The van der Waals surface area contributed by atoms with Crippen molar-refractivity contribution in [2.24, 2.45) is 0 Å². The molecule has 108 valence electrons. The van der Waals surface area contributed by atoms with Gasteiger partial charge in [-0.15, -0.1) is 11.3 Å². The molecule has 2 heteroatoms. The molecule has 1 nitrogen and oxygen atoms in total. The van der Waals surface area contributed by atoms with Gasteiger partial charge in [-0.2, -0.15) is 0 Å². The van der Waals surface area contributed by atoms with E-state index in [9.17, 15) is 0 Å². The number of fused-ring (bicyclic) bond motifs is 6. The van der Waals surface area contributed by atoms with Gasteiger partial charge in [0.25, 0.3) is 0 Å². The summed E-state index contributed by atoms with van der Waals surface area (Å²) in [6.45, 7) is 0.968. The molecule has 23 heavy (non-hydrogen) atoms. The maximum absolute atomic E-state index is 2.49. The van der Waals surface area contributed by atoms with Gasteiger partial charge in [-0.3, -0.25) is 0 Å². The monoisotopic (exact) mass is 311 g/mol. The number of aromatic nitrogens is 1. The first kappa shape index (κ1) is 11.9. The fourth-order valence-corrected chi connectivity index (χ4v) is 5.24. The minimum Gasteiger partial charge on any atom is -0.335 e. The van der Waals surface area contributed by atoms with Gasteiger partial charge in [0, 0.05) is 22.0 Å². The lowest BCUT2D eigenvalue weighted by Gasteiger charge is -2.11. The zero-order chi connectivity index (χ0) is 15.0. The number of nitrogens with zero attached hydrogens (tertiary/aromatic N) is 1. The van der Waals surface area contributed by atoms with E-state index in [0.29, 0.717) is 0 Å². The standard InChI is InChI=1S/C21H13NS/c1-2-6-15-12-18-17(11-14(15)5-1)20-21(23-18)16-9-3-7-13-8-4-10-22(20)19(13)16/h1-9,11-12H,10H2. The topological polar surface area (TPSA) is 4.93 Å². The molecule has 0 spiro atoms. The molecule has 5 aromatic rings. The van der Waals surface area contributed by atoms with Crippen molar-refractivity contribution in [3.8, 4) is 0 Å². The van der Waals surface area contributed by atoms with Crippen molar-refractivity contribution in [3.05, 3.63) is 66.2 Å². The van der Waals surface area contributed by atoms with Crippen molar-refractivity contribution < 1.29 is 0 Å². The van der Waals surface area contributed by atoms with Gasteiger partial charge in [-0.05, 0) is 28.5 Å². The average molecular weight is 311 g/mol. The van der Waals surface area contributed by atoms with Gasteiger partial charge in [0.2, 0.25) is 0 Å². The molecule has 0 fully saturated rings. The molecule has 0 bridgehead atoms. The highest BCUT2D eigenvalue weighted by atomic mass is 32.1. The number of rotatable bonds is 0. The second-order valence-electron chi connectivity index (χ2n) is 6.23. The normalized spacial score (nSPS) is 13.7. The van der Waals surface area contributed by atoms with Crippen molar-refractivity contribution in [2.75, 3.05) is 0 Å². The van der Waals surface area contributed by atoms with E-state index in [4.69, 9.17) is 0 Å². The summed E-state index contributed by atoms with van der Waals surface area (Å²) in [5, 5.41) is 5.44. The van der Waals surface area contributed by atoms with Crippen LogP contribution >= 0.6 is 11.3 Å².